The first-order valence-electron chi connectivity index (χ1n) is 10.1. The molecule has 1 saturated heterocycles. The highest BCUT2D eigenvalue weighted by molar-refractivity contribution is 6.03. The van der Waals surface area contributed by atoms with E-state index in [0.29, 0.717) is 12.2 Å². The van der Waals surface area contributed by atoms with Crippen molar-refractivity contribution in [1.82, 2.24) is 15.1 Å². The first kappa shape index (κ1) is 18.7. The number of nitrogens with one attached hydrogen (secondary N) is 1. The molecule has 1 aromatic carbocycles. The fraction of sp³-hybridized carbons (Fsp3) is 0.524. The Morgan fingerprint density at radius 1 is 1.18 bits per heavy atom. The number of hydrogen-bond donors (Lipinski definition) is 1. The fourth-order valence-electron chi connectivity index (χ4n) is 4.26. The summed E-state index contributed by atoms with van der Waals surface area (Å²) < 4.78 is 5.16. The first-order valence-corrected chi connectivity index (χ1v) is 10.1. The van der Waals surface area contributed by atoms with Crippen LogP contribution in [0.25, 0.3) is 10.9 Å². The maximum atomic E-state index is 12.7. The van der Waals surface area contributed by atoms with Crippen molar-refractivity contribution in [3.63, 3.8) is 0 Å². The molecular formula is C21H26N4O3. The Kier molecular flexibility index (Phi) is 5.41. The van der Waals surface area contributed by atoms with E-state index >= 15 is 0 Å². The van der Waals surface area contributed by atoms with Crippen molar-refractivity contribution < 1.29 is 14.3 Å². The van der Waals surface area contributed by atoms with Crippen LogP contribution < -0.4 is 5.32 Å². The molecule has 2 aromatic rings. The molecule has 0 bridgehead atoms. The molecule has 1 aromatic heterocycles. The highest BCUT2D eigenvalue weighted by Crippen LogP contribution is 2.30. The second-order valence-corrected chi connectivity index (χ2v) is 7.56. The summed E-state index contributed by atoms with van der Waals surface area (Å²) in [4.78, 5) is 27.1. The van der Waals surface area contributed by atoms with Gasteiger partial charge in [-0.05, 0) is 32.3 Å². The van der Waals surface area contributed by atoms with Gasteiger partial charge in [0.1, 0.15) is 0 Å². The molecule has 2 aliphatic rings. The summed E-state index contributed by atoms with van der Waals surface area (Å²) in [7, 11) is 0. The van der Waals surface area contributed by atoms with Gasteiger partial charge in [-0.2, -0.15) is 0 Å². The molecule has 1 amide bonds. The molecular weight excluding hydrogens is 356 g/mol. The van der Waals surface area contributed by atoms with Crippen LogP contribution in [0, 0.1) is 5.92 Å². The van der Waals surface area contributed by atoms with E-state index in [-0.39, 0.29) is 30.2 Å². The van der Waals surface area contributed by atoms with Gasteiger partial charge in [-0.1, -0.05) is 31.0 Å². The minimum absolute atomic E-state index is 0.0751. The van der Waals surface area contributed by atoms with Crippen LogP contribution in [0.1, 0.15) is 49.5 Å². The van der Waals surface area contributed by atoms with Crippen molar-refractivity contribution >= 4 is 28.5 Å². The van der Waals surface area contributed by atoms with Gasteiger partial charge < -0.3 is 15.0 Å². The number of aromatic nitrogens is 2. The summed E-state index contributed by atoms with van der Waals surface area (Å²) in [6.07, 6.45) is 5.18. The third-order valence-corrected chi connectivity index (χ3v) is 5.69. The Balaban J connectivity index is 1.56. The maximum absolute atomic E-state index is 12.7. The number of esters is 1. The van der Waals surface area contributed by atoms with Gasteiger partial charge >= 0.3 is 5.97 Å². The number of amides is 1. The number of hydrogen-bond acceptors (Lipinski definition) is 6. The minimum atomic E-state index is -0.486. The topological polar surface area (TPSA) is 84.4 Å². The SMILES string of the molecule is CCOC(=O)c1nnc2ccccc2c1NC1CCN(C(=O)C2CCCC2)C1. The summed E-state index contributed by atoms with van der Waals surface area (Å²) >= 11 is 0. The number of carbonyl (C=O) groups excluding carboxylic acids is 2. The van der Waals surface area contributed by atoms with Crippen LogP contribution in [-0.4, -0.2) is 52.7 Å². The van der Waals surface area contributed by atoms with Crippen LogP contribution in [0.4, 0.5) is 5.69 Å². The van der Waals surface area contributed by atoms with Crippen molar-refractivity contribution in [2.45, 2.75) is 45.1 Å². The highest BCUT2D eigenvalue weighted by atomic mass is 16.5. The van der Waals surface area contributed by atoms with Crippen molar-refractivity contribution in [1.29, 1.82) is 0 Å². The Morgan fingerprint density at radius 2 is 1.96 bits per heavy atom. The number of nitrogens with zero attached hydrogens (tertiary/aromatic N) is 3. The largest absolute Gasteiger partial charge is 0.461 e. The Morgan fingerprint density at radius 3 is 2.75 bits per heavy atom. The normalized spacial score (nSPS) is 19.9. The lowest BCUT2D eigenvalue weighted by molar-refractivity contribution is -0.134. The highest BCUT2D eigenvalue weighted by Gasteiger charge is 2.33. The molecule has 0 spiro atoms. The van der Waals surface area contributed by atoms with Gasteiger partial charge in [0.25, 0.3) is 0 Å². The minimum Gasteiger partial charge on any atom is -0.461 e. The lowest BCUT2D eigenvalue weighted by atomic mass is 10.1. The van der Waals surface area contributed by atoms with Crippen LogP contribution in [-0.2, 0) is 9.53 Å². The number of ether oxygens (including phenoxy) is 1. The van der Waals surface area contributed by atoms with Crippen molar-refractivity contribution in [2.24, 2.45) is 5.92 Å². The monoisotopic (exact) mass is 382 g/mol. The van der Waals surface area contributed by atoms with E-state index in [1.54, 1.807) is 6.92 Å². The molecule has 7 nitrogen and oxygen atoms in total. The summed E-state index contributed by atoms with van der Waals surface area (Å²) in [6, 6.07) is 7.67. The Labute approximate surface area is 164 Å². The molecule has 1 saturated carbocycles. The molecule has 1 atom stereocenters. The predicted octanol–water partition coefficient (Wildman–Crippen LogP) is 3.01. The maximum Gasteiger partial charge on any atom is 0.361 e. The molecule has 0 radical (unpaired) electrons. The number of likely N-dealkylation sites (tertiary alicyclic amines) is 1. The van der Waals surface area contributed by atoms with Crippen LogP contribution in [0.5, 0.6) is 0 Å². The smallest absolute Gasteiger partial charge is 0.361 e. The third-order valence-electron chi connectivity index (χ3n) is 5.69. The molecule has 7 heteroatoms. The van der Waals surface area contributed by atoms with E-state index in [0.717, 1.165) is 49.6 Å². The molecule has 28 heavy (non-hydrogen) atoms. The molecule has 1 aliphatic carbocycles. The quantitative estimate of drug-likeness (QED) is 0.800. The first-order chi connectivity index (χ1) is 13.7. The number of anilines is 1. The average molecular weight is 382 g/mol. The summed E-state index contributed by atoms with van der Waals surface area (Å²) in [5, 5.41) is 12.6. The van der Waals surface area contributed by atoms with Gasteiger partial charge in [0.2, 0.25) is 5.91 Å². The lowest BCUT2D eigenvalue weighted by Gasteiger charge is -2.21. The standard InChI is InChI=1S/C21H26N4O3/c1-2-28-21(27)19-18(16-9-5-6-10-17(16)23-24-19)22-15-11-12-25(13-15)20(26)14-7-3-4-8-14/h5-6,9-10,14-15H,2-4,7-8,11-13H2,1H3,(H,22,23). The molecule has 2 fully saturated rings. The summed E-state index contributed by atoms with van der Waals surface area (Å²) in [6.45, 7) is 3.44. The second-order valence-electron chi connectivity index (χ2n) is 7.56. The number of benzene rings is 1. The Bertz CT molecular complexity index is 879. The molecule has 4 rings (SSSR count). The van der Waals surface area contributed by atoms with Crippen molar-refractivity contribution in [2.75, 3.05) is 25.0 Å². The van der Waals surface area contributed by atoms with Crippen molar-refractivity contribution in [3.8, 4) is 0 Å². The van der Waals surface area contributed by atoms with Crippen LogP contribution in [0.3, 0.4) is 0 Å². The summed E-state index contributed by atoms with van der Waals surface area (Å²) in [5.41, 5.74) is 1.56. The van der Waals surface area contributed by atoms with Gasteiger partial charge in [-0.15, -0.1) is 10.2 Å². The number of carbonyl (C=O) groups is 2. The number of fused-ring (bicyclic) bond motifs is 1. The molecule has 2 heterocycles. The van der Waals surface area contributed by atoms with E-state index < -0.39 is 5.97 Å². The third kappa shape index (κ3) is 3.66. The van der Waals surface area contributed by atoms with E-state index in [1.165, 1.54) is 0 Å². The van der Waals surface area contributed by atoms with E-state index in [1.807, 2.05) is 29.2 Å². The predicted molar refractivity (Wildman–Crippen MR) is 106 cm³/mol. The number of rotatable bonds is 5. The lowest BCUT2D eigenvalue weighted by Crippen LogP contribution is -2.35. The van der Waals surface area contributed by atoms with Crippen LogP contribution in [0.15, 0.2) is 24.3 Å². The van der Waals surface area contributed by atoms with Gasteiger partial charge in [0.05, 0.1) is 17.8 Å². The molecule has 1 N–H and O–H groups in total. The Hall–Kier alpha value is -2.70. The van der Waals surface area contributed by atoms with E-state index in [9.17, 15) is 9.59 Å². The van der Waals surface area contributed by atoms with Gasteiger partial charge in [0.15, 0.2) is 5.69 Å². The zero-order chi connectivity index (χ0) is 19.5. The summed E-state index contributed by atoms with van der Waals surface area (Å²) in [5.74, 6) is -0.0115. The van der Waals surface area contributed by atoms with E-state index in [4.69, 9.17) is 4.74 Å². The van der Waals surface area contributed by atoms with E-state index in [2.05, 4.69) is 15.5 Å². The zero-order valence-corrected chi connectivity index (χ0v) is 16.2. The van der Waals surface area contributed by atoms with Crippen LogP contribution in [0.2, 0.25) is 0 Å². The van der Waals surface area contributed by atoms with Gasteiger partial charge in [-0.3, -0.25) is 4.79 Å². The van der Waals surface area contributed by atoms with Crippen LogP contribution >= 0.6 is 0 Å². The second kappa shape index (κ2) is 8.12. The van der Waals surface area contributed by atoms with Gasteiger partial charge in [-0.25, -0.2) is 4.79 Å². The molecule has 1 unspecified atom stereocenters. The molecule has 1 aliphatic heterocycles. The average Bonchev–Trinajstić information content (AvgIpc) is 3.40. The fourth-order valence-corrected chi connectivity index (χ4v) is 4.26. The van der Waals surface area contributed by atoms with Gasteiger partial charge in [0, 0.05) is 30.4 Å². The van der Waals surface area contributed by atoms with Crippen molar-refractivity contribution in [3.05, 3.63) is 30.0 Å². The molecule has 148 valence electrons. The zero-order valence-electron chi connectivity index (χ0n) is 16.2.